The van der Waals surface area contributed by atoms with E-state index in [0.717, 1.165) is 0 Å². The molecule has 1 N–H and O–H groups in total. The summed E-state index contributed by atoms with van der Waals surface area (Å²) in [6.45, 7) is 0. The smallest absolute Gasteiger partial charge is 0.329 e. The summed E-state index contributed by atoms with van der Waals surface area (Å²) in [6.07, 6.45) is 0.464. The first-order chi connectivity index (χ1) is 6.51. The zero-order valence-electron chi connectivity index (χ0n) is 6.84. The maximum atomic E-state index is 11.9. The standard InChI is InChI=1S/C8H6F3NOS/c9-8(10,11)14-7-3-1-6(2-4-7)12-5-13/h1-5H,(H,12,13). The molecule has 1 amide bonds. The van der Waals surface area contributed by atoms with Gasteiger partial charge in [0.1, 0.15) is 0 Å². The fraction of sp³-hybridized carbons (Fsp3) is 0.125. The van der Waals surface area contributed by atoms with Crippen LogP contribution in [0.4, 0.5) is 18.9 Å². The molecule has 1 aromatic rings. The van der Waals surface area contributed by atoms with Crippen molar-refractivity contribution in [2.45, 2.75) is 10.4 Å². The van der Waals surface area contributed by atoms with Crippen molar-refractivity contribution in [3.8, 4) is 0 Å². The average Bonchev–Trinajstić information content (AvgIpc) is 2.06. The van der Waals surface area contributed by atoms with E-state index in [4.69, 9.17) is 0 Å². The molecule has 1 aromatic carbocycles. The third-order valence-corrected chi connectivity index (χ3v) is 2.05. The predicted molar refractivity (Wildman–Crippen MR) is 48.0 cm³/mol. The molecule has 0 aliphatic rings. The summed E-state index contributed by atoms with van der Waals surface area (Å²) in [6, 6.07) is 5.40. The van der Waals surface area contributed by atoms with Crippen LogP contribution in [0.3, 0.4) is 0 Å². The summed E-state index contributed by atoms with van der Waals surface area (Å²) < 4.78 is 35.6. The molecule has 0 atom stereocenters. The second-order valence-electron chi connectivity index (χ2n) is 2.33. The number of nitrogens with one attached hydrogen (secondary N) is 1. The first kappa shape index (κ1) is 10.9. The fourth-order valence-electron chi connectivity index (χ4n) is 0.821. The summed E-state index contributed by atoms with van der Waals surface area (Å²) in [5.41, 5.74) is -3.81. The van der Waals surface area contributed by atoms with Gasteiger partial charge in [0.05, 0.1) is 0 Å². The number of benzene rings is 1. The lowest BCUT2D eigenvalue weighted by atomic mass is 10.3. The highest BCUT2D eigenvalue weighted by Crippen LogP contribution is 2.36. The number of alkyl halides is 3. The van der Waals surface area contributed by atoms with Gasteiger partial charge in [-0.1, -0.05) is 0 Å². The van der Waals surface area contributed by atoms with Crippen LogP contribution in [0.25, 0.3) is 0 Å². The Kier molecular flexibility index (Phi) is 3.40. The monoisotopic (exact) mass is 221 g/mol. The van der Waals surface area contributed by atoms with Crippen molar-refractivity contribution >= 4 is 23.9 Å². The quantitative estimate of drug-likeness (QED) is 0.628. The van der Waals surface area contributed by atoms with Gasteiger partial charge >= 0.3 is 5.51 Å². The Bertz CT molecular complexity index is 309. The van der Waals surface area contributed by atoms with E-state index in [1.54, 1.807) is 0 Å². The first-order valence-corrected chi connectivity index (χ1v) is 4.39. The summed E-state index contributed by atoms with van der Waals surface area (Å²) >= 11 is -0.189. The molecule has 0 aliphatic heterocycles. The molecule has 14 heavy (non-hydrogen) atoms. The number of amides is 1. The Hall–Kier alpha value is -1.17. The SMILES string of the molecule is O=CNc1ccc(SC(F)(F)F)cc1. The van der Waals surface area contributed by atoms with Crippen LogP contribution in [0, 0.1) is 0 Å². The van der Waals surface area contributed by atoms with Gasteiger partial charge in [0.2, 0.25) is 6.41 Å². The van der Waals surface area contributed by atoms with Crippen molar-refractivity contribution < 1.29 is 18.0 Å². The molecule has 0 heterocycles. The molecule has 0 saturated heterocycles. The van der Waals surface area contributed by atoms with Gasteiger partial charge in [-0.3, -0.25) is 4.79 Å². The van der Waals surface area contributed by atoms with E-state index in [9.17, 15) is 18.0 Å². The molecule has 0 fully saturated rings. The number of carbonyl (C=O) groups excluding carboxylic acids is 1. The number of hydrogen-bond acceptors (Lipinski definition) is 2. The lowest BCUT2D eigenvalue weighted by molar-refractivity contribution is -0.105. The number of thioether (sulfide) groups is 1. The maximum Gasteiger partial charge on any atom is 0.446 e. The number of carbonyl (C=O) groups is 1. The molecule has 0 saturated carbocycles. The molecular formula is C8H6F3NOS. The summed E-state index contributed by atoms with van der Waals surface area (Å²) in [5.74, 6) is 0. The molecule has 2 nitrogen and oxygen atoms in total. The van der Waals surface area contributed by atoms with Crippen molar-refractivity contribution in [2.75, 3.05) is 5.32 Å². The van der Waals surface area contributed by atoms with Crippen LogP contribution < -0.4 is 5.32 Å². The largest absolute Gasteiger partial charge is 0.446 e. The van der Waals surface area contributed by atoms with E-state index in [1.807, 2.05) is 0 Å². The Balaban J connectivity index is 2.68. The van der Waals surface area contributed by atoms with Crippen LogP contribution in [-0.2, 0) is 4.79 Å². The van der Waals surface area contributed by atoms with Crippen molar-refractivity contribution in [3.63, 3.8) is 0 Å². The third kappa shape index (κ3) is 3.69. The maximum absolute atomic E-state index is 11.9. The zero-order chi connectivity index (χ0) is 10.6. The van der Waals surface area contributed by atoms with Crippen LogP contribution in [0.15, 0.2) is 29.2 Å². The average molecular weight is 221 g/mol. The first-order valence-electron chi connectivity index (χ1n) is 3.57. The van der Waals surface area contributed by atoms with Crippen molar-refractivity contribution in [3.05, 3.63) is 24.3 Å². The van der Waals surface area contributed by atoms with Gasteiger partial charge in [-0.05, 0) is 36.0 Å². The van der Waals surface area contributed by atoms with Crippen molar-refractivity contribution in [2.24, 2.45) is 0 Å². The second-order valence-corrected chi connectivity index (χ2v) is 3.47. The molecule has 0 radical (unpaired) electrons. The van der Waals surface area contributed by atoms with Gasteiger partial charge < -0.3 is 5.32 Å². The van der Waals surface area contributed by atoms with Gasteiger partial charge in [-0.25, -0.2) is 0 Å². The van der Waals surface area contributed by atoms with E-state index < -0.39 is 5.51 Å². The van der Waals surface area contributed by atoms with E-state index >= 15 is 0 Å². The number of hydrogen-bond donors (Lipinski definition) is 1. The molecular weight excluding hydrogens is 215 g/mol. The highest BCUT2D eigenvalue weighted by atomic mass is 32.2. The number of rotatable bonds is 3. The van der Waals surface area contributed by atoms with Crippen molar-refractivity contribution in [1.82, 2.24) is 0 Å². The molecule has 1 rings (SSSR count). The van der Waals surface area contributed by atoms with Gasteiger partial charge in [0, 0.05) is 10.6 Å². The lowest BCUT2D eigenvalue weighted by Gasteiger charge is -2.05. The molecule has 76 valence electrons. The highest BCUT2D eigenvalue weighted by Gasteiger charge is 2.28. The minimum Gasteiger partial charge on any atom is -0.329 e. The van der Waals surface area contributed by atoms with Gasteiger partial charge in [0.25, 0.3) is 0 Å². The van der Waals surface area contributed by atoms with Crippen LogP contribution in [0.5, 0.6) is 0 Å². The fourth-order valence-corrected chi connectivity index (χ4v) is 1.36. The molecule has 0 aromatic heterocycles. The van der Waals surface area contributed by atoms with Crippen LogP contribution in [-0.4, -0.2) is 11.9 Å². The van der Waals surface area contributed by atoms with Gasteiger partial charge in [0.15, 0.2) is 0 Å². The zero-order valence-corrected chi connectivity index (χ0v) is 7.65. The molecule has 0 spiro atoms. The Morgan fingerprint density at radius 2 is 1.79 bits per heavy atom. The van der Waals surface area contributed by atoms with Gasteiger partial charge in [-0.15, -0.1) is 0 Å². The minimum atomic E-state index is -4.28. The van der Waals surface area contributed by atoms with E-state index in [-0.39, 0.29) is 16.7 Å². The van der Waals surface area contributed by atoms with Crippen LogP contribution >= 0.6 is 11.8 Å². The molecule has 6 heteroatoms. The third-order valence-electron chi connectivity index (χ3n) is 1.31. The van der Waals surface area contributed by atoms with Gasteiger partial charge in [-0.2, -0.15) is 13.2 Å². The Morgan fingerprint density at radius 1 is 1.21 bits per heavy atom. The van der Waals surface area contributed by atoms with Crippen LogP contribution in [0.2, 0.25) is 0 Å². The van der Waals surface area contributed by atoms with E-state index in [1.165, 1.54) is 24.3 Å². The summed E-state index contributed by atoms with van der Waals surface area (Å²) in [4.78, 5) is 10.1. The summed E-state index contributed by atoms with van der Waals surface area (Å²) in [5, 5.41) is 2.33. The molecule has 0 bridgehead atoms. The second kappa shape index (κ2) is 4.36. The normalized spacial score (nSPS) is 11.1. The topological polar surface area (TPSA) is 29.1 Å². The van der Waals surface area contributed by atoms with E-state index in [2.05, 4.69) is 5.32 Å². The number of halogens is 3. The summed E-state index contributed by atoms with van der Waals surface area (Å²) in [7, 11) is 0. The Morgan fingerprint density at radius 3 is 2.21 bits per heavy atom. The highest BCUT2D eigenvalue weighted by molar-refractivity contribution is 8.00. The molecule has 0 unspecified atom stereocenters. The molecule has 0 aliphatic carbocycles. The minimum absolute atomic E-state index is 0.0916. The van der Waals surface area contributed by atoms with Crippen molar-refractivity contribution in [1.29, 1.82) is 0 Å². The van der Waals surface area contributed by atoms with Crippen LogP contribution in [0.1, 0.15) is 0 Å². The number of anilines is 1. The predicted octanol–water partition coefficient (Wildman–Crippen LogP) is 2.87. The lowest BCUT2D eigenvalue weighted by Crippen LogP contribution is -1.99. The van der Waals surface area contributed by atoms with E-state index in [0.29, 0.717) is 12.1 Å². The Labute approximate surface area is 82.5 Å².